The largest absolute Gasteiger partial charge is 0.388 e. The fraction of sp³-hybridized carbons (Fsp3) is 0.333. The van der Waals surface area contributed by atoms with Crippen LogP contribution in [-0.2, 0) is 19.9 Å². The lowest BCUT2D eigenvalue weighted by Crippen LogP contribution is -2.47. The van der Waals surface area contributed by atoms with Crippen LogP contribution in [0.4, 0.5) is 0 Å². The van der Waals surface area contributed by atoms with Gasteiger partial charge in [-0.15, -0.1) is 0 Å². The number of benzene rings is 1. The first-order valence-electron chi connectivity index (χ1n) is 7.71. The molecule has 0 bridgehead atoms. The molecule has 1 heterocycles. The van der Waals surface area contributed by atoms with E-state index < -0.39 is 11.5 Å². The zero-order chi connectivity index (χ0) is 16.4. The Kier molecular flexibility index (Phi) is 4.05. The molecule has 5 nitrogen and oxygen atoms in total. The zero-order valence-electron chi connectivity index (χ0n) is 13.1. The van der Waals surface area contributed by atoms with Crippen LogP contribution in [0.2, 0.25) is 0 Å². The van der Waals surface area contributed by atoms with Crippen molar-refractivity contribution in [2.24, 2.45) is 7.05 Å². The Hall–Kier alpha value is -2.40. The molecule has 0 unspecified atom stereocenters. The third-order valence-corrected chi connectivity index (χ3v) is 4.44. The number of nitrogens with one attached hydrogen (secondary N) is 1. The molecule has 0 aliphatic heterocycles. The van der Waals surface area contributed by atoms with Crippen molar-refractivity contribution in [3.05, 3.63) is 69.6 Å². The molecule has 1 amide bonds. The number of hydrogen-bond donors (Lipinski definition) is 2. The van der Waals surface area contributed by atoms with Crippen molar-refractivity contribution in [3.8, 4) is 0 Å². The fourth-order valence-electron chi connectivity index (χ4n) is 3.05. The van der Waals surface area contributed by atoms with Crippen LogP contribution in [0.5, 0.6) is 0 Å². The molecule has 0 saturated heterocycles. The number of aromatic nitrogens is 1. The summed E-state index contributed by atoms with van der Waals surface area (Å²) in [7, 11) is 1.60. The third-order valence-electron chi connectivity index (χ3n) is 4.44. The number of carbonyl (C=O) groups excluding carboxylic acids is 1. The van der Waals surface area contributed by atoms with E-state index in [1.54, 1.807) is 19.3 Å². The van der Waals surface area contributed by atoms with Crippen molar-refractivity contribution in [1.82, 2.24) is 9.88 Å². The van der Waals surface area contributed by atoms with Crippen LogP contribution in [0.25, 0.3) is 0 Å². The van der Waals surface area contributed by atoms with Crippen LogP contribution < -0.4 is 10.9 Å². The Morgan fingerprint density at radius 2 is 2.00 bits per heavy atom. The lowest BCUT2D eigenvalue weighted by atomic mass is 9.80. The summed E-state index contributed by atoms with van der Waals surface area (Å²) >= 11 is 0. The topological polar surface area (TPSA) is 71.3 Å². The first-order valence-corrected chi connectivity index (χ1v) is 7.71. The molecule has 1 aromatic carbocycles. The summed E-state index contributed by atoms with van der Waals surface area (Å²) < 4.78 is 1.36. The molecular weight excluding hydrogens is 292 g/mol. The summed E-state index contributed by atoms with van der Waals surface area (Å²) in [4.78, 5) is 24.2. The number of carbonyl (C=O) groups is 1. The maximum Gasteiger partial charge on any atom is 0.263 e. The molecule has 120 valence electrons. The van der Waals surface area contributed by atoms with E-state index in [-0.39, 0.29) is 17.7 Å². The molecule has 0 fully saturated rings. The Morgan fingerprint density at radius 1 is 1.26 bits per heavy atom. The van der Waals surface area contributed by atoms with Gasteiger partial charge in [0.2, 0.25) is 0 Å². The van der Waals surface area contributed by atoms with E-state index >= 15 is 0 Å². The predicted molar refractivity (Wildman–Crippen MR) is 87.4 cm³/mol. The molecule has 2 aromatic rings. The van der Waals surface area contributed by atoms with E-state index in [1.165, 1.54) is 16.2 Å². The maximum atomic E-state index is 12.2. The van der Waals surface area contributed by atoms with E-state index in [0.717, 1.165) is 12.0 Å². The molecule has 3 rings (SSSR count). The van der Waals surface area contributed by atoms with Crippen LogP contribution in [0.15, 0.2) is 47.4 Å². The number of amides is 1. The van der Waals surface area contributed by atoms with E-state index in [2.05, 4.69) is 11.4 Å². The molecular formula is C18H20N2O3. The van der Waals surface area contributed by atoms with Crippen LogP contribution in [-0.4, -0.2) is 27.7 Å². The molecule has 2 N–H and O–H groups in total. The first-order chi connectivity index (χ1) is 11.0. The van der Waals surface area contributed by atoms with Gasteiger partial charge in [-0.1, -0.05) is 24.3 Å². The van der Waals surface area contributed by atoms with Crippen molar-refractivity contribution < 1.29 is 9.90 Å². The molecule has 23 heavy (non-hydrogen) atoms. The molecule has 1 aromatic heterocycles. The standard InChI is InChI=1S/C18H20N2O3/c1-20-10-4-7-15(17(20)22)16(21)19-12-18(23)9-8-13-5-2-3-6-14(13)11-18/h2-7,10,23H,8-9,11-12H2,1H3,(H,19,21)/t18-/m0/s1. The molecule has 1 aliphatic carbocycles. The highest BCUT2D eigenvalue weighted by Crippen LogP contribution is 2.28. The van der Waals surface area contributed by atoms with Crippen LogP contribution in [0, 0.1) is 0 Å². The molecule has 1 aliphatic rings. The maximum absolute atomic E-state index is 12.2. The number of aliphatic hydroxyl groups is 1. The van der Waals surface area contributed by atoms with Crippen molar-refractivity contribution in [1.29, 1.82) is 0 Å². The average Bonchev–Trinajstić information content (AvgIpc) is 2.55. The highest BCUT2D eigenvalue weighted by molar-refractivity contribution is 5.93. The van der Waals surface area contributed by atoms with E-state index in [0.29, 0.717) is 12.8 Å². The summed E-state index contributed by atoms with van der Waals surface area (Å²) in [5.41, 5.74) is 1.15. The van der Waals surface area contributed by atoms with E-state index in [4.69, 9.17) is 0 Å². The lowest BCUT2D eigenvalue weighted by molar-refractivity contribution is 0.0259. The smallest absolute Gasteiger partial charge is 0.263 e. The summed E-state index contributed by atoms with van der Waals surface area (Å²) in [6.07, 6.45) is 3.49. The van der Waals surface area contributed by atoms with Gasteiger partial charge in [0.25, 0.3) is 11.5 Å². The molecule has 0 radical (unpaired) electrons. The highest BCUT2D eigenvalue weighted by Gasteiger charge is 2.32. The Bertz CT molecular complexity index is 797. The van der Waals surface area contributed by atoms with Crippen molar-refractivity contribution in [2.75, 3.05) is 6.54 Å². The van der Waals surface area contributed by atoms with Gasteiger partial charge in [0.15, 0.2) is 0 Å². The summed E-state index contributed by atoms with van der Waals surface area (Å²) in [5.74, 6) is -0.446. The zero-order valence-corrected chi connectivity index (χ0v) is 13.1. The van der Waals surface area contributed by atoms with Gasteiger partial charge in [0.05, 0.1) is 5.60 Å². The van der Waals surface area contributed by atoms with Crippen molar-refractivity contribution in [2.45, 2.75) is 24.9 Å². The van der Waals surface area contributed by atoms with Crippen LogP contribution in [0.1, 0.15) is 27.9 Å². The van der Waals surface area contributed by atoms with Gasteiger partial charge in [-0.25, -0.2) is 0 Å². The van der Waals surface area contributed by atoms with Gasteiger partial charge in [-0.05, 0) is 36.1 Å². The second-order valence-corrected chi connectivity index (χ2v) is 6.19. The minimum Gasteiger partial charge on any atom is -0.388 e. The van der Waals surface area contributed by atoms with Crippen LogP contribution in [0.3, 0.4) is 0 Å². The van der Waals surface area contributed by atoms with Crippen molar-refractivity contribution >= 4 is 5.91 Å². The number of fused-ring (bicyclic) bond motifs is 1. The number of rotatable bonds is 3. The normalized spacial score (nSPS) is 19.9. The summed E-state index contributed by atoms with van der Waals surface area (Å²) in [6.45, 7) is 0.137. The minimum atomic E-state index is -0.968. The molecule has 0 spiro atoms. The summed E-state index contributed by atoms with van der Waals surface area (Å²) in [5, 5.41) is 13.4. The third kappa shape index (κ3) is 3.19. The second-order valence-electron chi connectivity index (χ2n) is 6.19. The number of hydrogen-bond acceptors (Lipinski definition) is 3. The predicted octanol–water partition coefficient (Wildman–Crippen LogP) is 1.04. The van der Waals surface area contributed by atoms with Crippen molar-refractivity contribution in [3.63, 3.8) is 0 Å². The van der Waals surface area contributed by atoms with Gasteiger partial charge < -0.3 is 15.0 Å². The monoisotopic (exact) mass is 312 g/mol. The number of nitrogens with zero attached hydrogens (tertiary/aromatic N) is 1. The SMILES string of the molecule is Cn1cccc(C(=O)NC[C@]2(O)CCc3ccccc3C2)c1=O. The molecule has 0 saturated carbocycles. The second kappa shape index (κ2) is 6.01. The quantitative estimate of drug-likeness (QED) is 0.889. The van der Waals surface area contributed by atoms with Gasteiger partial charge in [0.1, 0.15) is 5.56 Å². The Morgan fingerprint density at radius 3 is 2.78 bits per heavy atom. The van der Waals surface area contributed by atoms with Gasteiger partial charge in [-0.2, -0.15) is 0 Å². The Labute approximate surface area is 134 Å². The number of aryl methyl sites for hydroxylation is 2. The van der Waals surface area contributed by atoms with E-state index in [9.17, 15) is 14.7 Å². The molecule has 5 heteroatoms. The Balaban J connectivity index is 1.70. The van der Waals surface area contributed by atoms with Crippen LogP contribution >= 0.6 is 0 Å². The number of pyridine rings is 1. The lowest BCUT2D eigenvalue weighted by Gasteiger charge is -2.33. The highest BCUT2D eigenvalue weighted by atomic mass is 16.3. The van der Waals surface area contributed by atoms with Gasteiger partial charge >= 0.3 is 0 Å². The first kappa shape index (κ1) is 15.5. The molecule has 1 atom stereocenters. The fourth-order valence-corrected chi connectivity index (χ4v) is 3.05. The summed E-state index contributed by atoms with van der Waals surface area (Å²) in [6, 6.07) is 11.2. The van der Waals surface area contributed by atoms with Gasteiger partial charge in [-0.3, -0.25) is 9.59 Å². The van der Waals surface area contributed by atoms with Gasteiger partial charge in [0, 0.05) is 26.2 Å². The minimum absolute atomic E-state index is 0.0924. The average molecular weight is 312 g/mol. The van der Waals surface area contributed by atoms with E-state index in [1.807, 2.05) is 18.2 Å².